The highest BCUT2D eigenvalue weighted by Crippen LogP contribution is 2.34. The highest BCUT2D eigenvalue weighted by molar-refractivity contribution is 6.34. The second-order valence-corrected chi connectivity index (χ2v) is 8.15. The molecule has 0 radical (unpaired) electrons. The monoisotopic (exact) mass is 536 g/mol. The minimum atomic E-state index is -4.85. The molecule has 4 rings (SSSR count). The smallest absolute Gasteiger partial charge is 0.355 e. The van der Waals surface area contributed by atoms with Gasteiger partial charge in [0.2, 0.25) is 0 Å². The second kappa shape index (κ2) is 9.81. The molecule has 0 aliphatic rings. The van der Waals surface area contributed by atoms with Crippen molar-refractivity contribution >= 4 is 17.5 Å². The second-order valence-electron chi connectivity index (χ2n) is 7.74. The van der Waals surface area contributed by atoms with Crippen molar-refractivity contribution in [1.82, 2.24) is 20.3 Å². The lowest BCUT2D eigenvalue weighted by atomic mass is 10.0. The van der Waals surface area contributed by atoms with Gasteiger partial charge in [-0.2, -0.15) is 26.3 Å². The fourth-order valence-corrected chi connectivity index (χ4v) is 3.64. The van der Waals surface area contributed by atoms with E-state index < -0.39 is 29.6 Å². The van der Waals surface area contributed by atoms with E-state index in [4.69, 9.17) is 11.6 Å². The molecule has 12 heteroatoms. The van der Waals surface area contributed by atoms with E-state index in [9.17, 15) is 31.1 Å². The third-order valence-corrected chi connectivity index (χ3v) is 5.59. The Labute approximate surface area is 211 Å². The summed E-state index contributed by atoms with van der Waals surface area (Å²) in [5.41, 5.74) is -1.24. The van der Waals surface area contributed by atoms with Crippen molar-refractivity contribution in [1.29, 1.82) is 0 Å². The first kappa shape index (κ1) is 26.1. The van der Waals surface area contributed by atoms with Crippen molar-refractivity contribution in [3.05, 3.63) is 88.8 Å². The van der Waals surface area contributed by atoms with E-state index in [0.717, 1.165) is 12.3 Å². The lowest BCUT2D eigenvalue weighted by Crippen LogP contribution is -2.18. The first-order valence-electron chi connectivity index (χ1n) is 10.5. The van der Waals surface area contributed by atoms with Crippen molar-refractivity contribution in [2.45, 2.75) is 12.4 Å². The van der Waals surface area contributed by atoms with Crippen LogP contribution >= 0.6 is 11.6 Å². The number of carbonyl (C=O) groups is 1. The van der Waals surface area contributed by atoms with Gasteiger partial charge in [-0.15, -0.1) is 0 Å². The van der Waals surface area contributed by atoms with Crippen LogP contribution in [0.25, 0.3) is 33.8 Å². The molecule has 0 saturated heterocycles. The number of alkyl halides is 6. The van der Waals surface area contributed by atoms with Gasteiger partial charge in [0.1, 0.15) is 11.4 Å². The molecule has 0 saturated carbocycles. The van der Waals surface area contributed by atoms with Crippen LogP contribution in [0.15, 0.2) is 66.9 Å². The zero-order valence-corrected chi connectivity index (χ0v) is 19.5. The lowest BCUT2D eigenvalue weighted by Gasteiger charge is -2.12. The van der Waals surface area contributed by atoms with Gasteiger partial charge in [0.15, 0.2) is 5.82 Å². The predicted molar refractivity (Wildman–Crippen MR) is 125 cm³/mol. The molecule has 0 aliphatic carbocycles. The van der Waals surface area contributed by atoms with E-state index in [1.165, 1.54) is 31.3 Å². The van der Waals surface area contributed by atoms with Crippen LogP contribution in [-0.4, -0.2) is 27.9 Å². The Morgan fingerprint density at radius 1 is 0.784 bits per heavy atom. The molecule has 0 spiro atoms. The van der Waals surface area contributed by atoms with E-state index in [0.29, 0.717) is 23.3 Å². The maximum Gasteiger partial charge on any atom is 0.433 e. The molecule has 5 nitrogen and oxygen atoms in total. The van der Waals surface area contributed by atoms with Crippen LogP contribution in [0.2, 0.25) is 5.02 Å². The average Bonchev–Trinajstić information content (AvgIpc) is 2.87. The number of pyridine rings is 1. The van der Waals surface area contributed by atoms with E-state index >= 15 is 0 Å². The molecule has 0 bridgehead atoms. The number of hydrogen-bond donors (Lipinski definition) is 1. The summed E-state index contributed by atoms with van der Waals surface area (Å²) in [6.45, 7) is 0. The molecule has 0 aliphatic heterocycles. The molecule has 4 aromatic rings. The summed E-state index contributed by atoms with van der Waals surface area (Å²) < 4.78 is 79.4. The Bertz CT molecular complexity index is 1470. The molecule has 2 aromatic carbocycles. The van der Waals surface area contributed by atoms with Crippen molar-refractivity contribution in [2.75, 3.05) is 7.05 Å². The highest BCUT2D eigenvalue weighted by Gasteiger charge is 2.35. The summed E-state index contributed by atoms with van der Waals surface area (Å²) in [5, 5.41) is 2.69. The topological polar surface area (TPSA) is 67.8 Å². The minimum absolute atomic E-state index is 0.0498. The maximum absolute atomic E-state index is 13.6. The number of halogens is 7. The number of carbonyl (C=O) groups excluding carboxylic acids is 1. The van der Waals surface area contributed by atoms with Crippen molar-refractivity contribution in [3.63, 3.8) is 0 Å². The Balaban J connectivity index is 1.81. The number of rotatable bonds is 4. The molecule has 2 heterocycles. The molecular weight excluding hydrogens is 522 g/mol. The van der Waals surface area contributed by atoms with Gasteiger partial charge in [-0.3, -0.25) is 9.78 Å². The number of amides is 1. The van der Waals surface area contributed by atoms with Gasteiger partial charge in [0, 0.05) is 24.4 Å². The molecule has 1 amide bonds. The normalized spacial score (nSPS) is 11.9. The average molecular weight is 537 g/mol. The van der Waals surface area contributed by atoms with Crippen LogP contribution in [0.4, 0.5) is 26.3 Å². The fraction of sp³-hybridized carbons (Fsp3) is 0.120. The Morgan fingerprint density at radius 3 is 2.05 bits per heavy atom. The zero-order chi connectivity index (χ0) is 27.0. The lowest BCUT2D eigenvalue weighted by molar-refractivity contribution is -0.141. The molecule has 0 fully saturated rings. The summed E-state index contributed by atoms with van der Waals surface area (Å²) in [4.78, 5) is 23.2. The molecule has 0 unspecified atom stereocenters. The molecule has 2 aromatic heterocycles. The van der Waals surface area contributed by atoms with Gasteiger partial charge in [0.25, 0.3) is 5.91 Å². The van der Waals surface area contributed by atoms with E-state index in [1.54, 1.807) is 18.2 Å². The Morgan fingerprint density at radius 2 is 1.43 bits per heavy atom. The first-order valence-corrected chi connectivity index (χ1v) is 10.9. The summed E-state index contributed by atoms with van der Waals surface area (Å²) in [6.07, 6.45) is -8.74. The maximum atomic E-state index is 13.6. The van der Waals surface area contributed by atoms with Gasteiger partial charge in [0.05, 0.1) is 16.3 Å². The first-order chi connectivity index (χ1) is 17.4. The van der Waals surface area contributed by atoms with Crippen molar-refractivity contribution in [2.24, 2.45) is 0 Å². The molecular formula is C25H15ClF6N4O. The van der Waals surface area contributed by atoms with Crippen molar-refractivity contribution in [3.8, 4) is 33.8 Å². The minimum Gasteiger partial charge on any atom is -0.355 e. The van der Waals surface area contributed by atoms with Crippen LogP contribution < -0.4 is 5.32 Å². The molecule has 37 heavy (non-hydrogen) atoms. The zero-order valence-electron chi connectivity index (χ0n) is 18.7. The number of nitrogens with zero attached hydrogens (tertiary/aromatic N) is 3. The van der Waals surface area contributed by atoms with Gasteiger partial charge >= 0.3 is 12.4 Å². The Hall–Kier alpha value is -3.99. The predicted octanol–water partition coefficient (Wildman–Crippen LogP) is 6.92. The van der Waals surface area contributed by atoms with Crippen LogP contribution in [0, 0.1) is 0 Å². The van der Waals surface area contributed by atoms with E-state index in [1.807, 2.05) is 0 Å². The Kier molecular flexibility index (Phi) is 6.92. The molecule has 190 valence electrons. The van der Waals surface area contributed by atoms with Crippen LogP contribution in [0.1, 0.15) is 21.7 Å². The standard InChI is InChI=1S/C25H15ClF6N4O/c1-33-23(37)17-10-14(5-7-18(17)26)13-3-2-4-15(9-13)22-35-19(11-21(36-22)25(30,31)32)16-6-8-20(34-12-16)24(27,28)29/h2-12H,1H3,(H,33,37). The van der Waals surface area contributed by atoms with E-state index in [-0.39, 0.29) is 33.2 Å². The third-order valence-electron chi connectivity index (χ3n) is 5.26. The third kappa shape index (κ3) is 5.72. The summed E-state index contributed by atoms with van der Waals surface area (Å²) in [6, 6.07) is 13.3. The van der Waals surface area contributed by atoms with Gasteiger partial charge in [-0.1, -0.05) is 35.9 Å². The van der Waals surface area contributed by atoms with Gasteiger partial charge in [-0.25, -0.2) is 9.97 Å². The van der Waals surface area contributed by atoms with Crippen LogP contribution in [0.5, 0.6) is 0 Å². The number of aromatic nitrogens is 3. The SMILES string of the molecule is CNC(=O)c1cc(-c2cccc(-c3nc(-c4ccc(C(F)(F)F)nc4)cc(C(F)(F)F)n3)c2)ccc1Cl. The highest BCUT2D eigenvalue weighted by atomic mass is 35.5. The molecule has 1 N–H and O–H groups in total. The fourth-order valence-electron chi connectivity index (χ4n) is 3.43. The summed E-state index contributed by atoms with van der Waals surface area (Å²) in [7, 11) is 1.45. The number of hydrogen-bond acceptors (Lipinski definition) is 4. The largest absolute Gasteiger partial charge is 0.433 e. The van der Waals surface area contributed by atoms with Gasteiger partial charge in [-0.05, 0) is 47.5 Å². The summed E-state index contributed by atoms with van der Waals surface area (Å²) in [5.74, 6) is -0.717. The quantitative estimate of drug-likeness (QED) is 0.287. The summed E-state index contributed by atoms with van der Waals surface area (Å²) >= 11 is 6.10. The van der Waals surface area contributed by atoms with Crippen LogP contribution in [-0.2, 0) is 12.4 Å². The molecule has 0 atom stereocenters. The van der Waals surface area contributed by atoms with E-state index in [2.05, 4.69) is 20.3 Å². The van der Waals surface area contributed by atoms with Crippen molar-refractivity contribution < 1.29 is 31.1 Å². The van der Waals surface area contributed by atoms with Gasteiger partial charge < -0.3 is 5.32 Å². The number of nitrogens with one attached hydrogen (secondary N) is 1. The number of benzene rings is 2. The van der Waals surface area contributed by atoms with Crippen LogP contribution in [0.3, 0.4) is 0 Å².